The van der Waals surface area contributed by atoms with E-state index in [0.29, 0.717) is 18.5 Å². The Hall–Kier alpha value is -2.17. The molecule has 5 heteroatoms. The first-order valence-corrected chi connectivity index (χ1v) is 5.80. The number of nitrogens with zero attached hydrogens (tertiary/aromatic N) is 3. The number of aromatic nitrogens is 2. The fourth-order valence-corrected chi connectivity index (χ4v) is 1.78. The molecule has 0 saturated heterocycles. The minimum atomic E-state index is -0.119. The Morgan fingerprint density at radius 2 is 2.11 bits per heavy atom. The van der Waals surface area contributed by atoms with Gasteiger partial charge in [-0.05, 0) is 19.1 Å². The van der Waals surface area contributed by atoms with Crippen LogP contribution in [0.15, 0.2) is 29.3 Å². The number of para-hydroxylation sites is 2. The van der Waals surface area contributed by atoms with E-state index in [4.69, 9.17) is 4.74 Å². The topological polar surface area (TPSA) is 56.5 Å². The second-order valence-electron chi connectivity index (χ2n) is 3.82. The number of hydrogen-bond acceptors (Lipinski definition) is 4. The van der Waals surface area contributed by atoms with Crippen LogP contribution in [-0.2, 0) is 4.74 Å². The first-order chi connectivity index (χ1) is 8.63. The van der Waals surface area contributed by atoms with Crippen LogP contribution in [0.2, 0.25) is 0 Å². The molecule has 0 saturated carbocycles. The summed E-state index contributed by atoms with van der Waals surface area (Å²) in [6.07, 6.45) is 0. The Bertz CT molecular complexity index is 614. The van der Waals surface area contributed by atoms with E-state index in [1.165, 1.54) is 11.5 Å². The molecule has 0 amide bonds. The van der Waals surface area contributed by atoms with Crippen LogP contribution in [0, 0.1) is 0 Å². The highest BCUT2D eigenvalue weighted by atomic mass is 16.5. The predicted molar refractivity (Wildman–Crippen MR) is 70.4 cm³/mol. The second-order valence-corrected chi connectivity index (χ2v) is 3.82. The monoisotopic (exact) mass is 245 g/mol. The molecule has 18 heavy (non-hydrogen) atoms. The van der Waals surface area contributed by atoms with Gasteiger partial charge in [-0.25, -0.2) is 9.55 Å². The molecular formula is C13H15N3O2. The number of carbonyl (C=O) groups excluding carboxylic acids is 1. The third-order valence-electron chi connectivity index (χ3n) is 2.47. The molecule has 0 aliphatic rings. The van der Waals surface area contributed by atoms with Gasteiger partial charge in [-0.15, -0.1) is 0 Å². The summed E-state index contributed by atoms with van der Waals surface area (Å²) in [5.41, 5.74) is 1.50. The summed E-state index contributed by atoms with van der Waals surface area (Å²) in [7, 11) is 0. The quantitative estimate of drug-likeness (QED) is 0.603. The first-order valence-electron chi connectivity index (χ1n) is 5.80. The maximum atomic E-state index is 11.7. The van der Waals surface area contributed by atoms with Crippen LogP contribution in [0.25, 0.3) is 11.0 Å². The van der Waals surface area contributed by atoms with Crippen LogP contribution in [0.4, 0.5) is 5.95 Å². The molecule has 0 unspecified atom stereocenters. The molecule has 1 aromatic carbocycles. The van der Waals surface area contributed by atoms with Crippen molar-refractivity contribution in [2.24, 2.45) is 4.99 Å². The van der Waals surface area contributed by atoms with Gasteiger partial charge in [-0.1, -0.05) is 12.1 Å². The summed E-state index contributed by atoms with van der Waals surface area (Å²) < 4.78 is 6.75. The number of ether oxygens (including phenoxy) is 1. The van der Waals surface area contributed by atoms with Crippen LogP contribution in [0.5, 0.6) is 0 Å². The summed E-state index contributed by atoms with van der Waals surface area (Å²) in [5, 5.41) is 0. The zero-order valence-electron chi connectivity index (χ0n) is 10.7. The zero-order chi connectivity index (χ0) is 13.1. The van der Waals surface area contributed by atoms with Gasteiger partial charge in [0.15, 0.2) is 5.90 Å². The Balaban J connectivity index is 2.59. The molecule has 2 rings (SSSR count). The van der Waals surface area contributed by atoms with E-state index in [1.807, 2.05) is 31.2 Å². The molecule has 0 atom stereocenters. The number of carbonyl (C=O) groups is 1. The molecule has 0 aliphatic heterocycles. The fourth-order valence-electron chi connectivity index (χ4n) is 1.78. The molecule has 0 bridgehead atoms. The van der Waals surface area contributed by atoms with Crippen LogP contribution >= 0.6 is 0 Å². The minimum absolute atomic E-state index is 0.119. The normalized spacial score (nSPS) is 11.8. The number of fused-ring (bicyclic) bond motifs is 1. The van der Waals surface area contributed by atoms with Gasteiger partial charge in [0.05, 0.1) is 17.6 Å². The van der Waals surface area contributed by atoms with Crippen molar-refractivity contribution < 1.29 is 9.53 Å². The molecule has 0 radical (unpaired) electrons. The van der Waals surface area contributed by atoms with Gasteiger partial charge in [0, 0.05) is 13.8 Å². The Morgan fingerprint density at radius 3 is 2.78 bits per heavy atom. The summed E-state index contributed by atoms with van der Waals surface area (Å²) in [6.45, 7) is 5.65. The first kappa shape index (κ1) is 12.3. The summed E-state index contributed by atoms with van der Waals surface area (Å²) in [6, 6.07) is 7.44. The zero-order valence-corrected chi connectivity index (χ0v) is 10.7. The Kier molecular flexibility index (Phi) is 3.41. The molecule has 94 valence electrons. The van der Waals surface area contributed by atoms with Crippen molar-refractivity contribution in [3.05, 3.63) is 24.3 Å². The molecule has 0 N–H and O–H groups in total. The molecule has 2 aromatic rings. The minimum Gasteiger partial charge on any atom is -0.481 e. The van der Waals surface area contributed by atoms with Gasteiger partial charge in [-0.3, -0.25) is 4.79 Å². The molecule has 0 aliphatic carbocycles. The molecule has 1 aromatic heterocycles. The lowest BCUT2D eigenvalue weighted by Gasteiger charge is -2.03. The largest absolute Gasteiger partial charge is 0.481 e. The average molecular weight is 245 g/mol. The second kappa shape index (κ2) is 5.00. The average Bonchev–Trinajstić information content (AvgIpc) is 2.66. The van der Waals surface area contributed by atoms with E-state index in [0.717, 1.165) is 11.0 Å². The van der Waals surface area contributed by atoms with Crippen molar-refractivity contribution in [1.82, 2.24) is 9.55 Å². The van der Waals surface area contributed by atoms with Gasteiger partial charge >= 0.3 is 0 Å². The van der Waals surface area contributed by atoms with Gasteiger partial charge in [0.1, 0.15) is 0 Å². The SMILES string of the molecule is CCO/C(C)=N\c1nc2ccccc2n1C(C)=O. The number of rotatable bonds is 2. The van der Waals surface area contributed by atoms with Crippen LogP contribution < -0.4 is 0 Å². The predicted octanol–water partition coefficient (Wildman–Crippen LogP) is 2.78. The van der Waals surface area contributed by atoms with E-state index >= 15 is 0 Å². The molecule has 5 nitrogen and oxygen atoms in total. The highest BCUT2D eigenvalue weighted by molar-refractivity contribution is 5.93. The van der Waals surface area contributed by atoms with Crippen LogP contribution in [-0.4, -0.2) is 28.0 Å². The van der Waals surface area contributed by atoms with Crippen molar-refractivity contribution in [3.63, 3.8) is 0 Å². The third-order valence-corrected chi connectivity index (χ3v) is 2.47. The fraction of sp³-hybridized carbons (Fsp3) is 0.308. The lowest BCUT2D eigenvalue weighted by molar-refractivity contribution is 0.0943. The summed E-state index contributed by atoms with van der Waals surface area (Å²) in [4.78, 5) is 20.3. The maximum absolute atomic E-state index is 11.7. The molecule has 0 fully saturated rings. The van der Waals surface area contributed by atoms with Crippen molar-refractivity contribution in [2.75, 3.05) is 6.61 Å². The summed E-state index contributed by atoms with van der Waals surface area (Å²) >= 11 is 0. The standard InChI is InChI=1S/C13H15N3O2/c1-4-18-9(2)14-13-15-11-7-5-6-8-12(11)16(13)10(3)17/h5-8H,4H2,1-3H3/b14-9-. The van der Waals surface area contributed by atoms with Gasteiger partial charge in [0.25, 0.3) is 0 Å². The lowest BCUT2D eigenvalue weighted by Crippen LogP contribution is -2.06. The Morgan fingerprint density at radius 1 is 1.39 bits per heavy atom. The van der Waals surface area contributed by atoms with Gasteiger partial charge < -0.3 is 4.74 Å². The smallest absolute Gasteiger partial charge is 0.240 e. The Labute approximate surface area is 105 Å². The molecule has 1 heterocycles. The van der Waals surface area contributed by atoms with E-state index in [2.05, 4.69) is 9.98 Å². The van der Waals surface area contributed by atoms with Crippen molar-refractivity contribution in [1.29, 1.82) is 0 Å². The van der Waals surface area contributed by atoms with E-state index in [-0.39, 0.29) is 5.91 Å². The van der Waals surface area contributed by atoms with E-state index in [1.54, 1.807) is 6.92 Å². The van der Waals surface area contributed by atoms with Crippen LogP contribution in [0.3, 0.4) is 0 Å². The van der Waals surface area contributed by atoms with Gasteiger partial charge in [-0.2, -0.15) is 4.99 Å². The van der Waals surface area contributed by atoms with E-state index in [9.17, 15) is 4.79 Å². The highest BCUT2D eigenvalue weighted by Gasteiger charge is 2.13. The lowest BCUT2D eigenvalue weighted by atomic mass is 10.3. The summed E-state index contributed by atoms with van der Waals surface area (Å²) in [5.74, 6) is 0.733. The van der Waals surface area contributed by atoms with Gasteiger partial charge in [0.2, 0.25) is 11.9 Å². The highest BCUT2D eigenvalue weighted by Crippen LogP contribution is 2.21. The van der Waals surface area contributed by atoms with Crippen molar-refractivity contribution in [2.45, 2.75) is 20.8 Å². The molecule has 0 spiro atoms. The third kappa shape index (κ3) is 2.25. The number of hydrogen-bond donors (Lipinski definition) is 0. The van der Waals surface area contributed by atoms with Crippen molar-refractivity contribution >= 4 is 28.8 Å². The number of benzene rings is 1. The number of aliphatic imine (C=N–C) groups is 1. The van der Waals surface area contributed by atoms with Crippen LogP contribution in [0.1, 0.15) is 25.6 Å². The van der Waals surface area contributed by atoms with Crippen molar-refractivity contribution in [3.8, 4) is 0 Å². The number of imidazole rings is 1. The maximum Gasteiger partial charge on any atom is 0.240 e. The molecular weight excluding hydrogens is 230 g/mol. The van der Waals surface area contributed by atoms with E-state index < -0.39 is 0 Å².